The number of carbonyl (C=O) groups excluding carboxylic acids is 1. The number of nitrogens with zero attached hydrogens (tertiary/aromatic N) is 1. The molecule has 25 heavy (non-hydrogen) atoms. The topological polar surface area (TPSA) is 42.0 Å². The molecule has 0 aliphatic heterocycles. The predicted molar refractivity (Wildman–Crippen MR) is 99.4 cm³/mol. The molecule has 1 heterocycles. The molecule has 1 N–H and O–H groups in total. The van der Waals surface area contributed by atoms with Gasteiger partial charge in [-0.1, -0.05) is 54.6 Å². The van der Waals surface area contributed by atoms with Crippen LogP contribution < -0.4 is 5.32 Å². The lowest BCUT2D eigenvalue weighted by atomic mass is 10.0. The summed E-state index contributed by atoms with van der Waals surface area (Å²) in [6.45, 7) is 0. The number of nitrogens with one attached hydrogen (secondary N) is 1. The van der Waals surface area contributed by atoms with Crippen molar-refractivity contribution < 1.29 is 9.18 Å². The maximum atomic E-state index is 13.7. The fraction of sp³-hybridized carbons (Fsp3) is 0. The number of hydrogen-bond donors (Lipinski definition) is 1. The lowest BCUT2D eigenvalue weighted by molar-refractivity contribution is 0.102. The van der Waals surface area contributed by atoms with Gasteiger partial charge in [0.1, 0.15) is 5.82 Å². The first-order chi connectivity index (χ1) is 12.2. The maximum absolute atomic E-state index is 13.7. The number of carbonyl (C=O) groups is 1. The molecule has 122 valence electrons. The monoisotopic (exact) mass is 348 g/mol. The Morgan fingerprint density at radius 2 is 1.72 bits per heavy atom. The molecule has 0 radical (unpaired) electrons. The van der Waals surface area contributed by atoms with Crippen molar-refractivity contribution in [3.8, 4) is 11.3 Å². The minimum absolute atomic E-state index is 0.00408. The van der Waals surface area contributed by atoms with Crippen molar-refractivity contribution >= 4 is 33.1 Å². The van der Waals surface area contributed by atoms with Crippen molar-refractivity contribution in [3.05, 3.63) is 83.5 Å². The van der Waals surface area contributed by atoms with E-state index in [1.807, 2.05) is 47.8 Å². The standard InChI is InChI=1S/C20H13FN2OS/c21-17-11-4-3-9-16(17)19(24)23-20-22-18(12-25-20)15-10-5-7-13-6-1-2-8-14(13)15/h1-12H,(H,22,23,24). The highest BCUT2D eigenvalue weighted by Gasteiger charge is 2.14. The zero-order chi connectivity index (χ0) is 17.2. The van der Waals surface area contributed by atoms with E-state index in [0.717, 1.165) is 22.0 Å². The highest BCUT2D eigenvalue weighted by molar-refractivity contribution is 7.14. The number of rotatable bonds is 3. The van der Waals surface area contributed by atoms with Crippen LogP contribution in [0.3, 0.4) is 0 Å². The first-order valence-electron chi connectivity index (χ1n) is 7.72. The van der Waals surface area contributed by atoms with Crippen LogP contribution in [-0.4, -0.2) is 10.9 Å². The van der Waals surface area contributed by atoms with Gasteiger partial charge in [0.25, 0.3) is 5.91 Å². The molecule has 0 unspecified atom stereocenters. The quantitative estimate of drug-likeness (QED) is 0.542. The number of benzene rings is 3. The van der Waals surface area contributed by atoms with E-state index in [2.05, 4.69) is 10.3 Å². The molecule has 1 aromatic heterocycles. The summed E-state index contributed by atoms with van der Waals surface area (Å²) in [5.41, 5.74) is 1.79. The molecule has 0 aliphatic carbocycles. The second-order valence-corrected chi connectivity index (χ2v) is 6.36. The smallest absolute Gasteiger partial charge is 0.260 e. The van der Waals surface area contributed by atoms with Gasteiger partial charge in [0.15, 0.2) is 5.13 Å². The minimum Gasteiger partial charge on any atom is -0.298 e. The van der Waals surface area contributed by atoms with Crippen LogP contribution in [0.25, 0.3) is 22.0 Å². The zero-order valence-electron chi connectivity index (χ0n) is 13.1. The second kappa shape index (κ2) is 6.45. The molecule has 0 bridgehead atoms. The number of halogens is 1. The lowest BCUT2D eigenvalue weighted by Crippen LogP contribution is -2.13. The van der Waals surface area contributed by atoms with Crippen molar-refractivity contribution in [2.45, 2.75) is 0 Å². The third kappa shape index (κ3) is 3.02. The predicted octanol–water partition coefficient (Wildman–Crippen LogP) is 5.35. The molecule has 0 fully saturated rings. The summed E-state index contributed by atoms with van der Waals surface area (Å²) in [5.74, 6) is -1.05. The Labute approximate surface area is 147 Å². The van der Waals surface area contributed by atoms with Gasteiger partial charge >= 0.3 is 0 Å². The van der Waals surface area contributed by atoms with E-state index < -0.39 is 11.7 Å². The molecule has 1 amide bonds. The van der Waals surface area contributed by atoms with Crippen molar-refractivity contribution in [1.82, 2.24) is 4.98 Å². The molecular formula is C20H13FN2OS. The molecule has 3 nitrogen and oxygen atoms in total. The molecule has 0 saturated heterocycles. The Morgan fingerprint density at radius 1 is 0.960 bits per heavy atom. The summed E-state index contributed by atoms with van der Waals surface area (Å²) in [6.07, 6.45) is 0. The number of amides is 1. The molecule has 3 aromatic carbocycles. The number of fused-ring (bicyclic) bond motifs is 1. The summed E-state index contributed by atoms with van der Waals surface area (Å²) in [7, 11) is 0. The van der Waals surface area contributed by atoms with Gasteiger partial charge in [-0.25, -0.2) is 9.37 Å². The van der Waals surface area contributed by atoms with Gasteiger partial charge in [-0.2, -0.15) is 0 Å². The van der Waals surface area contributed by atoms with Crippen LogP contribution in [0.2, 0.25) is 0 Å². The first kappa shape index (κ1) is 15.5. The molecule has 0 saturated carbocycles. The highest BCUT2D eigenvalue weighted by Crippen LogP contribution is 2.31. The first-order valence-corrected chi connectivity index (χ1v) is 8.60. The largest absolute Gasteiger partial charge is 0.298 e. The van der Waals surface area contributed by atoms with Crippen molar-refractivity contribution in [3.63, 3.8) is 0 Å². The van der Waals surface area contributed by atoms with Crippen LogP contribution in [0.5, 0.6) is 0 Å². The van der Waals surface area contributed by atoms with E-state index in [0.29, 0.717) is 5.13 Å². The van der Waals surface area contributed by atoms with E-state index in [1.54, 1.807) is 12.1 Å². The molecule has 4 rings (SSSR count). The van der Waals surface area contributed by atoms with E-state index >= 15 is 0 Å². The third-order valence-corrected chi connectivity index (χ3v) is 4.67. The third-order valence-electron chi connectivity index (χ3n) is 3.91. The van der Waals surface area contributed by atoms with Crippen LogP contribution in [0, 0.1) is 5.82 Å². The molecule has 0 spiro atoms. The van der Waals surface area contributed by atoms with Crippen molar-refractivity contribution in [1.29, 1.82) is 0 Å². The van der Waals surface area contributed by atoms with Gasteiger partial charge in [-0.05, 0) is 22.9 Å². The number of aromatic nitrogens is 1. The Bertz CT molecular complexity index is 1070. The average Bonchev–Trinajstić information content (AvgIpc) is 3.10. The van der Waals surface area contributed by atoms with Gasteiger partial charge in [-0.3, -0.25) is 10.1 Å². The van der Waals surface area contributed by atoms with Gasteiger partial charge in [0, 0.05) is 10.9 Å². The SMILES string of the molecule is O=C(Nc1nc(-c2cccc3ccccc23)cs1)c1ccccc1F. The van der Waals surface area contributed by atoms with Crippen LogP contribution in [-0.2, 0) is 0 Å². The average molecular weight is 348 g/mol. The molecular weight excluding hydrogens is 335 g/mol. The lowest BCUT2D eigenvalue weighted by Gasteiger charge is -2.04. The van der Waals surface area contributed by atoms with E-state index in [1.165, 1.54) is 23.5 Å². The van der Waals surface area contributed by atoms with Gasteiger partial charge in [-0.15, -0.1) is 11.3 Å². The van der Waals surface area contributed by atoms with Gasteiger partial charge < -0.3 is 0 Å². The summed E-state index contributed by atoms with van der Waals surface area (Å²) in [4.78, 5) is 16.7. The Kier molecular flexibility index (Phi) is 3.99. The normalized spacial score (nSPS) is 10.8. The highest BCUT2D eigenvalue weighted by atomic mass is 32.1. The van der Waals surface area contributed by atoms with Gasteiger partial charge in [0.2, 0.25) is 0 Å². The Hall–Kier alpha value is -3.05. The molecule has 0 aliphatic rings. The Morgan fingerprint density at radius 3 is 2.60 bits per heavy atom. The molecule has 4 aromatic rings. The van der Waals surface area contributed by atoms with Crippen LogP contribution in [0.1, 0.15) is 10.4 Å². The van der Waals surface area contributed by atoms with Crippen molar-refractivity contribution in [2.24, 2.45) is 0 Å². The Balaban J connectivity index is 1.64. The van der Waals surface area contributed by atoms with E-state index in [-0.39, 0.29) is 5.56 Å². The summed E-state index contributed by atoms with van der Waals surface area (Å²) in [6, 6.07) is 20.0. The minimum atomic E-state index is -0.550. The van der Waals surface area contributed by atoms with Crippen LogP contribution in [0.15, 0.2) is 72.1 Å². The van der Waals surface area contributed by atoms with Gasteiger partial charge in [0.05, 0.1) is 11.3 Å². The second-order valence-electron chi connectivity index (χ2n) is 5.50. The fourth-order valence-corrected chi connectivity index (χ4v) is 3.42. The van der Waals surface area contributed by atoms with E-state index in [4.69, 9.17) is 0 Å². The summed E-state index contributed by atoms with van der Waals surface area (Å²) >= 11 is 1.32. The summed E-state index contributed by atoms with van der Waals surface area (Å²) in [5, 5.41) is 7.22. The number of thiazole rings is 1. The van der Waals surface area contributed by atoms with Crippen LogP contribution >= 0.6 is 11.3 Å². The fourth-order valence-electron chi connectivity index (χ4n) is 2.71. The maximum Gasteiger partial charge on any atom is 0.260 e. The number of anilines is 1. The molecule has 5 heteroatoms. The van der Waals surface area contributed by atoms with Crippen molar-refractivity contribution in [2.75, 3.05) is 5.32 Å². The zero-order valence-corrected chi connectivity index (χ0v) is 13.9. The summed E-state index contributed by atoms with van der Waals surface area (Å²) < 4.78 is 13.7. The van der Waals surface area contributed by atoms with Crippen LogP contribution in [0.4, 0.5) is 9.52 Å². The number of hydrogen-bond acceptors (Lipinski definition) is 3. The van der Waals surface area contributed by atoms with E-state index in [9.17, 15) is 9.18 Å². The molecule has 0 atom stereocenters.